The van der Waals surface area contributed by atoms with Gasteiger partial charge < -0.3 is 0 Å². The van der Waals surface area contributed by atoms with Crippen LogP contribution in [0.2, 0.25) is 0 Å². The molecule has 21 heavy (non-hydrogen) atoms. The Balaban J connectivity index is 1.85. The third-order valence-electron chi connectivity index (χ3n) is 3.16. The molecule has 102 valence electrons. The Morgan fingerprint density at radius 2 is 1.29 bits per heavy atom. The van der Waals surface area contributed by atoms with Crippen molar-refractivity contribution < 1.29 is 4.79 Å². The SMILES string of the molecule is O=C([Se]c1ccccc1)c1cccc(-c2ccccc2)c1. The first kappa shape index (κ1) is 13.8. The third-order valence-corrected chi connectivity index (χ3v) is 5.11. The Bertz CT molecular complexity index is 736. The maximum atomic E-state index is 12.4. The second-order valence-corrected chi connectivity index (χ2v) is 6.84. The quantitative estimate of drug-likeness (QED) is 0.666. The molecule has 0 aliphatic heterocycles. The summed E-state index contributed by atoms with van der Waals surface area (Å²) in [5.74, 6) is 0. The molecule has 0 atom stereocenters. The molecule has 0 fully saturated rings. The van der Waals surface area contributed by atoms with Crippen molar-refractivity contribution >= 4 is 24.1 Å². The molecule has 0 aliphatic rings. The predicted octanol–water partition coefficient (Wildman–Crippen LogP) is 3.52. The molecule has 2 heteroatoms. The summed E-state index contributed by atoms with van der Waals surface area (Å²) in [6, 6.07) is 28.0. The third kappa shape index (κ3) is 3.49. The minimum atomic E-state index is -0.170. The van der Waals surface area contributed by atoms with Gasteiger partial charge in [-0.2, -0.15) is 0 Å². The van der Waals surface area contributed by atoms with Gasteiger partial charge in [-0.15, -0.1) is 0 Å². The van der Waals surface area contributed by atoms with E-state index >= 15 is 0 Å². The molecule has 0 aliphatic carbocycles. The molecule has 0 radical (unpaired) electrons. The molecule has 0 unspecified atom stereocenters. The van der Waals surface area contributed by atoms with Crippen molar-refractivity contribution in [3.05, 3.63) is 90.5 Å². The molecule has 3 rings (SSSR count). The van der Waals surface area contributed by atoms with Gasteiger partial charge in [0.25, 0.3) is 0 Å². The van der Waals surface area contributed by atoms with Crippen molar-refractivity contribution in [1.29, 1.82) is 0 Å². The predicted molar refractivity (Wildman–Crippen MR) is 88.0 cm³/mol. The van der Waals surface area contributed by atoms with Crippen LogP contribution < -0.4 is 4.46 Å². The number of hydrogen-bond acceptors (Lipinski definition) is 1. The molecular formula is C19H14OSe. The second kappa shape index (κ2) is 6.53. The van der Waals surface area contributed by atoms with E-state index in [9.17, 15) is 4.79 Å². The fourth-order valence-electron chi connectivity index (χ4n) is 2.11. The number of rotatable bonds is 4. The fourth-order valence-corrected chi connectivity index (χ4v) is 3.69. The van der Waals surface area contributed by atoms with Crippen LogP contribution in [0.25, 0.3) is 11.1 Å². The zero-order valence-corrected chi connectivity index (χ0v) is 13.1. The molecule has 0 saturated carbocycles. The van der Waals surface area contributed by atoms with Crippen molar-refractivity contribution in [3.63, 3.8) is 0 Å². The Hall–Kier alpha value is -2.15. The van der Waals surface area contributed by atoms with Gasteiger partial charge in [0.05, 0.1) is 0 Å². The van der Waals surface area contributed by atoms with Crippen LogP contribution in [-0.2, 0) is 0 Å². The summed E-state index contributed by atoms with van der Waals surface area (Å²) in [5.41, 5.74) is 3.02. The normalized spacial score (nSPS) is 10.3. The van der Waals surface area contributed by atoms with Gasteiger partial charge in [-0.25, -0.2) is 0 Å². The van der Waals surface area contributed by atoms with Crippen LogP contribution in [0.4, 0.5) is 0 Å². The van der Waals surface area contributed by atoms with Gasteiger partial charge in [0, 0.05) is 0 Å². The Labute approximate surface area is 130 Å². The van der Waals surface area contributed by atoms with E-state index in [4.69, 9.17) is 0 Å². The molecule has 0 heterocycles. The number of benzene rings is 3. The van der Waals surface area contributed by atoms with E-state index in [0.29, 0.717) is 0 Å². The van der Waals surface area contributed by atoms with Gasteiger partial charge in [-0.1, -0.05) is 0 Å². The monoisotopic (exact) mass is 338 g/mol. The molecule has 3 aromatic rings. The average molecular weight is 337 g/mol. The molecule has 1 nitrogen and oxygen atoms in total. The minimum absolute atomic E-state index is 0.170. The van der Waals surface area contributed by atoms with Gasteiger partial charge in [0.2, 0.25) is 0 Å². The molecule has 0 amide bonds. The van der Waals surface area contributed by atoms with Gasteiger partial charge in [0.15, 0.2) is 0 Å². The zero-order chi connectivity index (χ0) is 14.5. The zero-order valence-electron chi connectivity index (χ0n) is 11.4. The van der Waals surface area contributed by atoms with Gasteiger partial charge >= 0.3 is 131 Å². The van der Waals surface area contributed by atoms with E-state index in [0.717, 1.165) is 21.2 Å². The molecule has 0 spiro atoms. The van der Waals surface area contributed by atoms with Crippen molar-refractivity contribution in [2.45, 2.75) is 0 Å². The van der Waals surface area contributed by atoms with Crippen molar-refractivity contribution in [1.82, 2.24) is 0 Å². The molecule has 3 aromatic carbocycles. The van der Waals surface area contributed by atoms with Crippen LogP contribution in [-0.4, -0.2) is 19.6 Å². The molecular weight excluding hydrogens is 323 g/mol. The van der Waals surface area contributed by atoms with Gasteiger partial charge in [0.1, 0.15) is 0 Å². The Kier molecular flexibility index (Phi) is 4.30. The van der Waals surface area contributed by atoms with E-state index in [-0.39, 0.29) is 19.6 Å². The van der Waals surface area contributed by atoms with Crippen LogP contribution in [0.5, 0.6) is 0 Å². The Morgan fingerprint density at radius 1 is 0.667 bits per heavy atom. The number of hydrogen-bond donors (Lipinski definition) is 0. The fraction of sp³-hybridized carbons (Fsp3) is 0. The second-order valence-electron chi connectivity index (χ2n) is 4.65. The standard InChI is InChI=1S/C19H14OSe/c20-19(21-18-12-5-2-6-13-18)17-11-7-10-16(14-17)15-8-3-1-4-9-15/h1-14H. The van der Waals surface area contributed by atoms with Crippen molar-refractivity contribution in [2.24, 2.45) is 0 Å². The van der Waals surface area contributed by atoms with Crippen LogP contribution in [0.1, 0.15) is 10.4 Å². The van der Waals surface area contributed by atoms with E-state index in [1.165, 1.54) is 0 Å². The van der Waals surface area contributed by atoms with Crippen LogP contribution in [0.15, 0.2) is 84.9 Å². The maximum absolute atomic E-state index is 12.4. The summed E-state index contributed by atoms with van der Waals surface area (Å²) in [6.07, 6.45) is 0. The van der Waals surface area contributed by atoms with Crippen molar-refractivity contribution in [2.75, 3.05) is 0 Å². The molecule has 0 aromatic heterocycles. The summed E-state index contributed by atoms with van der Waals surface area (Å²) >= 11 is -0.170. The first-order valence-electron chi connectivity index (χ1n) is 6.76. The Morgan fingerprint density at radius 3 is 2.00 bits per heavy atom. The van der Waals surface area contributed by atoms with E-state index < -0.39 is 0 Å². The van der Waals surface area contributed by atoms with Crippen LogP contribution in [0.3, 0.4) is 0 Å². The van der Waals surface area contributed by atoms with Crippen LogP contribution >= 0.6 is 0 Å². The van der Waals surface area contributed by atoms with E-state index in [2.05, 4.69) is 12.1 Å². The summed E-state index contributed by atoms with van der Waals surface area (Å²) in [7, 11) is 0. The first-order valence-corrected chi connectivity index (χ1v) is 8.47. The molecule has 0 bridgehead atoms. The van der Waals surface area contributed by atoms with Gasteiger partial charge in [-0.3, -0.25) is 0 Å². The average Bonchev–Trinajstić information content (AvgIpc) is 2.57. The summed E-state index contributed by atoms with van der Waals surface area (Å²) in [4.78, 5) is 12.4. The number of carbonyl (C=O) groups excluding carboxylic acids is 1. The van der Waals surface area contributed by atoms with Crippen LogP contribution in [0, 0.1) is 0 Å². The number of carbonyl (C=O) groups is 1. The summed E-state index contributed by atoms with van der Waals surface area (Å²) in [6.45, 7) is 0. The first-order chi connectivity index (χ1) is 10.3. The summed E-state index contributed by atoms with van der Waals surface area (Å²) < 4.78 is 1.33. The van der Waals surface area contributed by atoms with E-state index in [1.54, 1.807) is 0 Å². The van der Waals surface area contributed by atoms with Gasteiger partial charge in [-0.05, 0) is 0 Å². The summed E-state index contributed by atoms with van der Waals surface area (Å²) in [5, 5.41) is 0. The van der Waals surface area contributed by atoms with Crippen molar-refractivity contribution in [3.8, 4) is 11.1 Å². The molecule has 0 N–H and O–H groups in total. The van der Waals surface area contributed by atoms with E-state index in [1.807, 2.05) is 72.8 Å². The topological polar surface area (TPSA) is 17.1 Å². The molecule has 0 saturated heterocycles.